The van der Waals surface area contributed by atoms with Gasteiger partial charge in [0, 0.05) is 25.5 Å². The van der Waals surface area contributed by atoms with Gasteiger partial charge in [-0.2, -0.15) is 0 Å². The van der Waals surface area contributed by atoms with Gasteiger partial charge >= 0.3 is 0 Å². The van der Waals surface area contributed by atoms with Gasteiger partial charge in [-0.05, 0) is 42.3 Å². The molecule has 0 unspecified atom stereocenters. The van der Waals surface area contributed by atoms with Crippen molar-refractivity contribution in [2.24, 2.45) is 0 Å². The molecule has 2 aromatic rings. The molecule has 4 heteroatoms. The fourth-order valence-corrected chi connectivity index (χ4v) is 2.30. The largest absolute Gasteiger partial charge is 0.329 e. The molecule has 0 saturated heterocycles. The maximum atomic E-state index is 6.20. The summed E-state index contributed by atoms with van der Waals surface area (Å²) in [7, 11) is 2.02. The Morgan fingerprint density at radius 2 is 1.90 bits per heavy atom. The Hall–Kier alpha value is -1.58. The summed E-state index contributed by atoms with van der Waals surface area (Å²) in [5.41, 5.74) is 3.53. The van der Waals surface area contributed by atoms with Crippen molar-refractivity contribution in [3.63, 3.8) is 0 Å². The van der Waals surface area contributed by atoms with Crippen molar-refractivity contribution < 1.29 is 0 Å². The van der Waals surface area contributed by atoms with Crippen LogP contribution in [0.1, 0.15) is 25.0 Å². The van der Waals surface area contributed by atoms with E-state index in [4.69, 9.17) is 11.6 Å². The van der Waals surface area contributed by atoms with Gasteiger partial charge in [0.1, 0.15) is 5.82 Å². The molecular weight excluding hydrogens is 282 g/mol. The number of pyridine rings is 1. The van der Waals surface area contributed by atoms with Crippen molar-refractivity contribution in [2.45, 2.75) is 26.8 Å². The Labute approximate surface area is 132 Å². The van der Waals surface area contributed by atoms with Gasteiger partial charge in [-0.1, -0.05) is 37.6 Å². The summed E-state index contributed by atoms with van der Waals surface area (Å²) in [6.45, 7) is 5.92. The summed E-state index contributed by atoms with van der Waals surface area (Å²) in [5.74, 6) is 0.900. The number of hydrogen-bond acceptors (Lipinski definition) is 3. The number of aromatic nitrogens is 1. The third kappa shape index (κ3) is 3.96. The molecule has 0 aliphatic carbocycles. The van der Waals surface area contributed by atoms with Gasteiger partial charge in [0.15, 0.2) is 0 Å². The zero-order valence-electron chi connectivity index (χ0n) is 12.9. The second-order valence-electron chi connectivity index (χ2n) is 4.99. The lowest BCUT2D eigenvalue weighted by molar-refractivity contribution is 0.726. The average molecular weight is 304 g/mol. The van der Waals surface area contributed by atoms with E-state index in [-0.39, 0.29) is 0 Å². The zero-order valence-corrected chi connectivity index (χ0v) is 13.6. The van der Waals surface area contributed by atoms with Crippen LogP contribution in [0.5, 0.6) is 0 Å². The Morgan fingerprint density at radius 3 is 2.52 bits per heavy atom. The number of nitrogens with one attached hydrogen (secondary N) is 1. The predicted molar refractivity (Wildman–Crippen MR) is 90.5 cm³/mol. The molecule has 1 N–H and O–H groups in total. The topological polar surface area (TPSA) is 28.2 Å². The van der Waals surface area contributed by atoms with Gasteiger partial charge in [0.25, 0.3) is 0 Å². The van der Waals surface area contributed by atoms with E-state index in [0.717, 1.165) is 36.6 Å². The van der Waals surface area contributed by atoms with Crippen LogP contribution in [-0.2, 0) is 13.0 Å². The van der Waals surface area contributed by atoms with Crippen molar-refractivity contribution in [2.75, 3.05) is 18.5 Å². The van der Waals surface area contributed by atoms with Crippen molar-refractivity contribution >= 4 is 23.1 Å². The highest BCUT2D eigenvalue weighted by Crippen LogP contribution is 2.25. The van der Waals surface area contributed by atoms with Crippen molar-refractivity contribution in [3.8, 4) is 0 Å². The Morgan fingerprint density at radius 1 is 1.19 bits per heavy atom. The van der Waals surface area contributed by atoms with Crippen molar-refractivity contribution in [3.05, 3.63) is 52.7 Å². The van der Waals surface area contributed by atoms with Gasteiger partial charge in [0.2, 0.25) is 0 Å². The molecule has 3 nitrogen and oxygen atoms in total. The first-order valence-corrected chi connectivity index (χ1v) is 7.71. The number of aryl methyl sites for hydroxylation is 1. The zero-order chi connectivity index (χ0) is 15.2. The fourth-order valence-electron chi connectivity index (χ4n) is 2.13. The summed E-state index contributed by atoms with van der Waals surface area (Å²) in [5, 5.41) is 4.00. The summed E-state index contributed by atoms with van der Waals surface area (Å²) >= 11 is 6.20. The number of benzene rings is 1. The summed E-state index contributed by atoms with van der Waals surface area (Å²) < 4.78 is 0. The van der Waals surface area contributed by atoms with E-state index in [1.807, 2.05) is 13.1 Å². The second-order valence-corrected chi connectivity index (χ2v) is 5.40. The SMILES string of the molecule is CCNCc1cc(N(C)c2ccc(CC)cc2)ncc1Cl. The minimum Gasteiger partial charge on any atom is -0.329 e. The first kappa shape index (κ1) is 15.8. The van der Waals surface area contributed by atoms with E-state index in [2.05, 4.69) is 53.3 Å². The lowest BCUT2D eigenvalue weighted by Gasteiger charge is -2.20. The molecule has 1 heterocycles. The van der Waals surface area contributed by atoms with E-state index in [1.54, 1.807) is 6.20 Å². The Bertz CT molecular complexity index is 581. The van der Waals surface area contributed by atoms with Crippen LogP contribution >= 0.6 is 11.6 Å². The molecule has 0 fully saturated rings. The van der Waals surface area contributed by atoms with E-state index < -0.39 is 0 Å². The Balaban J connectivity index is 2.23. The maximum Gasteiger partial charge on any atom is 0.133 e. The molecule has 0 aliphatic heterocycles. The van der Waals surface area contributed by atoms with Gasteiger partial charge < -0.3 is 10.2 Å². The maximum absolute atomic E-state index is 6.20. The van der Waals surface area contributed by atoms with Crippen molar-refractivity contribution in [1.82, 2.24) is 10.3 Å². The van der Waals surface area contributed by atoms with Gasteiger partial charge in [0.05, 0.1) is 5.02 Å². The molecule has 0 bridgehead atoms. The molecule has 0 aliphatic rings. The van der Waals surface area contributed by atoms with E-state index in [1.165, 1.54) is 5.56 Å². The molecule has 0 spiro atoms. The highest BCUT2D eigenvalue weighted by Gasteiger charge is 2.09. The third-order valence-corrected chi connectivity index (χ3v) is 3.90. The highest BCUT2D eigenvalue weighted by molar-refractivity contribution is 6.31. The van der Waals surface area contributed by atoms with E-state index >= 15 is 0 Å². The molecule has 0 amide bonds. The van der Waals surface area contributed by atoms with Crippen LogP contribution < -0.4 is 10.2 Å². The van der Waals surface area contributed by atoms with Crippen LogP contribution in [0.25, 0.3) is 0 Å². The standard InChI is InChI=1S/C17H22ClN3/c1-4-13-6-8-15(9-7-13)21(3)17-10-14(11-19-5-2)16(18)12-20-17/h6-10,12,19H,4-5,11H2,1-3H3. The minimum absolute atomic E-state index is 0.703. The predicted octanol–water partition coefficient (Wildman–Crippen LogP) is 4.17. The molecule has 0 saturated carbocycles. The number of halogens is 1. The number of anilines is 2. The van der Waals surface area contributed by atoms with E-state index in [9.17, 15) is 0 Å². The molecular formula is C17H22ClN3. The minimum atomic E-state index is 0.703. The molecule has 0 radical (unpaired) electrons. The van der Waals surface area contributed by atoms with Gasteiger partial charge in [-0.3, -0.25) is 0 Å². The lowest BCUT2D eigenvalue weighted by Crippen LogP contribution is -2.15. The molecule has 0 atom stereocenters. The molecule has 2 rings (SSSR count). The van der Waals surface area contributed by atoms with Crippen LogP contribution in [0.4, 0.5) is 11.5 Å². The van der Waals surface area contributed by atoms with E-state index in [0.29, 0.717) is 5.02 Å². The summed E-state index contributed by atoms with van der Waals surface area (Å²) in [4.78, 5) is 6.51. The fraction of sp³-hybridized carbons (Fsp3) is 0.353. The van der Waals surface area contributed by atoms with Crippen molar-refractivity contribution in [1.29, 1.82) is 0 Å². The quantitative estimate of drug-likeness (QED) is 0.868. The highest BCUT2D eigenvalue weighted by atomic mass is 35.5. The molecule has 1 aromatic carbocycles. The lowest BCUT2D eigenvalue weighted by atomic mass is 10.1. The second kappa shape index (κ2) is 7.43. The molecule has 1 aromatic heterocycles. The monoisotopic (exact) mass is 303 g/mol. The average Bonchev–Trinajstić information content (AvgIpc) is 2.53. The first-order chi connectivity index (χ1) is 10.2. The van der Waals surface area contributed by atoms with Crippen LogP contribution in [0.3, 0.4) is 0 Å². The van der Waals surface area contributed by atoms with Crippen LogP contribution in [0.15, 0.2) is 36.5 Å². The molecule has 21 heavy (non-hydrogen) atoms. The van der Waals surface area contributed by atoms with Gasteiger partial charge in [-0.25, -0.2) is 4.98 Å². The Kier molecular flexibility index (Phi) is 5.59. The number of hydrogen-bond donors (Lipinski definition) is 1. The normalized spacial score (nSPS) is 10.7. The third-order valence-electron chi connectivity index (χ3n) is 3.56. The first-order valence-electron chi connectivity index (χ1n) is 7.33. The number of nitrogens with zero attached hydrogens (tertiary/aromatic N) is 2. The molecule has 112 valence electrons. The van der Waals surface area contributed by atoms with Crippen LogP contribution in [-0.4, -0.2) is 18.6 Å². The summed E-state index contributed by atoms with van der Waals surface area (Å²) in [6.07, 6.45) is 2.77. The van der Waals surface area contributed by atoms with Gasteiger partial charge in [-0.15, -0.1) is 0 Å². The summed E-state index contributed by atoms with van der Waals surface area (Å²) in [6, 6.07) is 10.6. The van der Waals surface area contributed by atoms with Crippen LogP contribution in [0.2, 0.25) is 5.02 Å². The smallest absolute Gasteiger partial charge is 0.133 e. The van der Waals surface area contributed by atoms with Crippen LogP contribution in [0, 0.1) is 0 Å². The number of rotatable bonds is 6.